The van der Waals surface area contributed by atoms with Crippen molar-refractivity contribution < 1.29 is 14.6 Å². The molecule has 5 unspecified atom stereocenters. The minimum Gasteiger partial charge on any atom is -0.393 e. The monoisotopic (exact) mass is 258 g/mol. The second-order valence-electron chi connectivity index (χ2n) is 5.80. The van der Waals surface area contributed by atoms with Crippen LogP contribution in [0, 0.1) is 5.92 Å². The van der Waals surface area contributed by atoms with Gasteiger partial charge in [0.15, 0.2) is 6.29 Å². The topological polar surface area (TPSA) is 38.7 Å². The average Bonchev–Trinajstić information content (AvgIpc) is 2.28. The van der Waals surface area contributed by atoms with Gasteiger partial charge in [0.1, 0.15) is 0 Å². The molecular formula is C15H30O3. The summed E-state index contributed by atoms with van der Waals surface area (Å²) in [6, 6.07) is 0. The molecule has 0 saturated carbocycles. The van der Waals surface area contributed by atoms with Gasteiger partial charge in [-0.25, -0.2) is 0 Å². The van der Waals surface area contributed by atoms with Crippen molar-refractivity contribution in [1.82, 2.24) is 0 Å². The lowest BCUT2D eigenvalue weighted by atomic mass is 9.93. The summed E-state index contributed by atoms with van der Waals surface area (Å²) in [6.07, 6.45) is 6.21. The molecule has 18 heavy (non-hydrogen) atoms. The first kappa shape index (κ1) is 15.9. The van der Waals surface area contributed by atoms with Crippen molar-refractivity contribution in [2.45, 2.75) is 90.8 Å². The fraction of sp³-hybridized carbons (Fsp3) is 1.00. The SMILES string of the molecule is CCCC1OC(C)CC(CC(C)CC(O)CC)O1. The Morgan fingerprint density at radius 3 is 2.61 bits per heavy atom. The second-order valence-corrected chi connectivity index (χ2v) is 5.80. The summed E-state index contributed by atoms with van der Waals surface area (Å²) in [4.78, 5) is 0. The Hall–Kier alpha value is -0.120. The maximum Gasteiger partial charge on any atom is 0.158 e. The Labute approximate surface area is 112 Å². The van der Waals surface area contributed by atoms with Gasteiger partial charge in [-0.15, -0.1) is 0 Å². The quantitative estimate of drug-likeness (QED) is 0.759. The first-order valence-electron chi connectivity index (χ1n) is 7.54. The normalized spacial score (nSPS) is 32.2. The van der Waals surface area contributed by atoms with Gasteiger partial charge in [0.25, 0.3) is 0 Å². The molecule has 3 nitrogen and oxygen atoms in total. The van der Waals surface area contributed by atoms with E-state index in [1.807, 2.05) is 6.92 Å². The van der Waals surface area contributed by atoms with E-state index in [0.29, 0.717) is 18.1 Å². The highest BCUT2D eigenvalue weighted by molar-refractivity contribution is 4.73. The smallest absolute Gasteiger partial charge is 0.158 e. The molecular weight excluding hydrogens is 228 g/mol. The molecule has 5 atom stereocenters. The molecule has 1 rings (SSSR count). The van der Waals surface area contributed by atoms with Gasteiger partial charge in [-0.2, -0.15) is 0 Å². The molecule has 1 aliphatic rings. The molecule has 1 aliphatic heterocycles. The predicted octanol–water partition coefficient (Wildman–Crippen LogP) is 3.49. The second kappa shape index (κ2) is 8.13. The van der Waals surface area contributed by atoms with Crippen LogP contribution in [0.15, 0.2) is 0 Å². The minimum atomic E-state index is -0.163. The highest BCUT2D eigenvalue weighted by Gasteiger charge is 2.28. The van der Waals surface area contributed by atoms with Crippen LogP contribution in [0.2, 0.25) is 0 Å². The van der Waals surface area contributed by atoms with Crippen molar-refractivity contribution in [3.05, 3.63) is 0 Å². The molecule has 3 heteroatoms. The maximum absolute atomic E-state index is 9.68. The van der Waals surface area contributed by atoms with E-state index in [0.717, 1.165) is 38.5 Å². The maximum atomic E-state index is 9.68. The number of ether oxygens (including phenoxy) is 2. The minimum absolute atomic E-state index is 0.0213. The van der Waals surface area contributed by atoms with E-state index < -0.39 is 0 Å². The molecule has 1 saturated heterocycles. The zero-order valence-corrected chi connectivity index (χ0v) is 12.4. The standard InChI is InChI=1S/C15H30O3/c1-5-7-15-17-12(4)10-14(18-15)9-11(3)8-13(16)6-2/h11-16H,5-10H2,1-4H3. The van der Waals surface area contributed by atoms with Crippen LogP contribution in [0.3, 0.4) is 0 Å². The van der Waals surface area contributed by atoms with Gasteiger partial charge in [-0.05, 0) is 44.9 Å². The van der Waals surface area contributed by atoms with Crippen LogP contribution < -0.4 is 0 Å². The van der Waals surface area contributed by atoms with Gasteiger partial charge in [0, 0.05) is 0 Å². The van der Waals surface area contributed by atoms with Gasteiger partial charge < -0.3 is 14.6 Å². The Kier molecular flexibility index (Phi) is 7.20. The van der Waals surface area contributed by atoms with Crippen molar-refractivity contribution in [2.24, 2.45) is 5.92 Å². The molecule has 0 spiro atoms. The van der Waals surface area contributed by atoms with Crippen molar-refractivity contribution in [3.8, 4) is 0 Å². The van der Waals surface area contributed by atoms with E-state index in [1.54, 1.807) is 0 Å². The molecule has 0 bridgehead atoms. The summed E-state index contributed by atoms with van der Waals surface area (Å²) in [5.41, 5.74) is 0. The summed E-state index contributed by atoms with van der Waals surface area (Å²) < 4.78 is 11.7. The van der Waals surface area contributed by atoms with Gasteiger partial charge in [-0.3, -0.25) is 0 Å². The Bertz CT molecular complexity index is 220. The molecule has 0 aromatic carbocycles. The molecule has 0 aliphatic carbocycles. The first-order valence-corrected chi connectivity index (χ1v) is 7.54. The van der Waals surface area contributed by atoms with E-state index in [-0.39, 0.29) is 12.4 Å². The third-order valence-corrected chi connectivity index (χ3v) is 3.66. The lowest BCUT2D eigenvalue weighted by Gasteiger charge is -2.35. The van der Waals surface area contributed by atoms with E-state index in [9.17, 15) is 5.11 Å². The molecule has 1 fully saturated rings. The molecule has 0 aromatic rings. The van der Waals surface area contributed by atoms with Crippen molar-refractivity contribution in [1.29, 1.82) is 0 Å². The van der Waals surface area contributed by atoms with Crippen LogP contribution in [-0.4, -0.2) is 29.7 Å². The zero-order valence-electron chi connectivity index (χ0n) is 12.4. The van der Waals surface area contributed by atoms with Gasteiger partial charge in [0.2, 0.25) is 0 Å². The third-order valence-electron chi connectivity index (χ3n) is 3.66. The third kappa shape index (κ3) is 5.68. The van der Waals surface area contributed by atoms with Crippen LogP contribution in [-0.2, 0) is 9.47 Å². The molecule has 108 valence electrons. The predicted molar refractivity (Wildman–Crippen MR) is 73.4 cm³/mol. The number of rotatable bonds is 7. The Balaban J connectivity index is 2.35. The lowest BCUT2D eigenvalue weighted by Crippen LogP contribution is -2.37. The van der Waals surface area contributed by atoms with Crippen LogP contribution >= 0.6 is 0 Å². The number of aliphatic hydroxyl groups excluding tert-OH is 1. The summed E-state index contributed by atoms with van der Waals surface area (Å²) in [7, 11) is 0. The van der Waals surface area contributed by atoms with Crippen molar-refractivity contribution >= 4 is 0 Å². The average molecular weight is 258 g/mol. The van der Waals surface area contributed by atoms with Crippen LogP contribution in [0.25, 0.3) is 0 Å². The van der Waals surface area contributed by atoms with Crippen LogP contribution in [0.4, 0.5) is 0 Å². The Morgan fingerprint density at radius 1 is 1.28 bits per heavy atom. The van der Waals surface area contributed by atoms with E-state index in [2.05, 4.69) is 20.8 Å². The highest BCUT2D eigenvalue weighted by Crippen LogP contribution is 2.27. The first-order chi connectivity index (χ1) is 8.55. The summed E-state index contributed by atoms with van der Waals surface area (Å²) in [5, 5.41) is 9.68. The Morgan fingerprint density at radius 2 is 2.00 bits per heavy atom. The van der Waals surface area contributed by atoms with E-state index in [1.165, 1.54) is 0 Å². The molecule has 1 heterocycles. The molecule has 0 radical (unpaired) electrons. The van der Waals surface area contributed by atoms with Crippen molar-refractivity contribution in [3.63, 3.8) is 0 Å². The largest absolute Gasteiger partial charge is 0.393 e. The number of aliphatic hydroxyl groups is 1. The lowest BCUT2D eigenvalue weighted by molar-refractivity contribution is -0.243. The van der Waals surface area contributed by atoms with Crippen LogP contribution in [0.1, 0.15) is 66.2 Å². The highest BCUT2D eigenvalue weighted by atomic mass is 16.7. The van der Waals surface area contributed by atoms with Crippen molar-refractivity contribution in [2.75, 3.05) is 0 Å². The van der Waals surface area contributed by atoms with Crippen LogP contribution in [0.5, 0.6) is 0 Å². The molecule has 0 aromatic heterocycles. The van der Waals surface area contributed by atoms with E-state index >= 15 is 0 Å². The van der Waals surface area contributed by atoms with E-state index in [4.69, 9.17) is 9.47 Å². The van der Waals surface area contributed by atoms with Gasteiger partial charge >= 0.3 is 0 Å². The molecule has 0 amide bonds. The van der Waals surface area contributed by atoms with Gasteiger partial charge in [-0.1, -0.05) is 27.2 Å². The zero-order chi connectivity index (χ0) is 13.5. The number of hydrogen-bond donors (Lipinski definition) is 1. The summed E-state index contributed by atoms with van der Waals surface area (Å²) in [6.45, 7) is 8.52. The fourth-order valence-corrected chi connectivity index (χ4v) is 2.69. The summed E-state index contributed by atoms with van der Waals surface area (Å²) >= 11 is 0. The number of hydrogen-bond acceptors (Lipinski definition) is 3. The van der Waals surface area contributed by atoms with Gasteiger partial charge in [0.05, 0.1) is 18.3 Å². The fourth-order valence-electron chi connectivity index (χ4n) is 2.69. The summed E-state index contributed by atoms with van der Waals surface area (Å²) in [5.74, 6) is 0.512. The molecule has 1 N–H and O–H groups in total.